The minimum atomic E-state index is -0.138. The van der Waals surface area contributed by atoms with Gasteiger partial charge >= 0.3 is 0 Å². The number of pyridine rings is 1. The van der Waals surface area contributed by atoms with Gasteiger partial charge in [-0.25, -0.2) is 0 Å². The summed E-state index contributed by atoms with van der Waals surface area (Å²) in [4.78, 5) is 21.6. The van der Waals surface area contributed by atoms with E-state index in [1.54, 1.807) is 12.4 Å². The second kappa shape index (κ2) is 6.22. The summed E-state index contributed by atoms with van der Waals surface area (Å²) in [5.74, 6) is 1.03. The molecule has 1 aromatic carbocycles. The first-order valence-electron chi connectivity index (χ1n) is 8.03. The monoisotopic (exact) mass is 348 g/mol. The molecule has 3 heterocycles. The Hall–Kier alpha value is -2.86. The van der Waals surface area contributed by atoms with E-state index >= 15 is 0 Å². The molecule has 0 amide bonds. The molecule has 0 spiro atoms. The lowest BCUT2D eigenvalue weighted by Crippen LogP contribution is -2.23. The quantitative estimate of drug-likeness (QED) is 0.571. The van der Waals surface area contributed by atoms with Crippen molar-refractivity contribution in [1.82, 2.24) is 19.6 Å². The van der Waals surface area contributed by atoms with Gasteiger partial charge in [-0.15, -0.1) is 5.10 Å². The summed E-state index contributed by atoms with van der Waals surface area (Å²) in [6.45, 7) is 4.32. The van der Waals surface area contributed by atoms with Gasteiger partial charge in [0.05, 0.1) is 4.53 Å². The lowest BCUT2D eigenvalue weighted by molar-refractivity contribution is 0.866. The van der Waals surface area contributed by atoms with Crippen molar-refractivity contribution in [2.24, 2.45) is 0 Å². The van der Waals surface area contributed by atoms with Crippen molar-refractivity contribution in [3.8, 4) is 11.4 Å². The lowest BCUT2D eigenvalue weighted by atomic mass is 10.0. The summed E-state index contributed by atoms with van der Waals surface area (Å²) >= 11 is 1.35. The van der Waals surface area contributed by atoms with Gasteiger partial charge in [-0.1, -0.05) is 49.4 Å². The highest BCUT2D eigenvalue weighted by molar-refractivity contribution is 7.15. The number of nitrogens with zero attached hydrogens (tertiary/aromatic N) is 4. The maximum Gasteiger partial charge on any atom is 0.291 e. The van der Waals surface area contributed by atoms with E-state index in [2.05, 4.69) is 41.0 Å². The van der Waals surface area contributed by atoms with E-state index in [-0.39, 0.29) is 5.56 Å². The van der Waals surface area contributed by atoms with Crippen LogP contribution < -0.4 is 10.1 Å². The predicted octanol–water partition coefficient (Wildman–Crippen LogP) is 2.88. The van der Waals surface area contributed by atoms with E-state index in [1.807, 2.05) is 30.3 Å². The standard InChI is InChI=1S/C19H16N4OS/c1-12(2)14-5-3-13(4-6-14)11-16-18(24)23-19(25-16)21-17(22-23)15-7-9-20-10-8-15/h3-12H,1-2H3/b16-11+. The first-order chi connectivity index (χ1) is 12.1. The summed E-state index contributed by atoms with van der Waals surface area (Å²) in [5, 5.41) is 4.34. The van der Waals surface area contributed by atoms with Gasteiger partial charge in [0.1, 0.15) is 0 Å². The SMILES string of the molecule is CC(C)c1ccc(/C=c2/sc3nc(-c4ccncc4)nn3c2=O)cc1. The Morgan fingerprint density at radius 3 is 2.44 bits per heavy atom. The highest BCUT2D eigenvalue weighted by Gasteiger charge is 2.11. The van der Waals surface area contributed by atoms with Gasteiger partial charge in [0.15, 0.2) is 5.82 Å². The summed E-state index contributed by atoms with van der Waals surface area (Å²) in [6.07, 6.45) is 5.25. The second-order valence-corrected chi connectivity index (χ2v) is 7.11. The molecular weight excluding hydrogens is 332 g/mol. The maximum absolute atomic E-state index is 12.6. The van der Waals surface area contributed by atoms with Gasteiger partial charge in [-0.05, 0) is 35.3 Å². The Morgan fingerprint density at radius 1 is 1.08 bits per heavy atom. The van der Waals surface area contributed by atoms with Crippen LogP contribution in [0.25, 0.3) is 22.4 Å². The molecule has 0 atom stereocenters. The molecule has 0 radical (unpaired) electrons. The van der Waals surface area contributed by atoms with E-state index in [0.29, 0.717) is 21.2 Å². The number of hydrogen-bond donors (Lipinski definition) is 0. The fraction of sp³-hybridized carbons (Fsp3) is 0.158. The minimum Gasteiger partial charge on any atom is -0.266 e. The maximum atomic E-state index is 12.6. The van der Waals surface area contributed by atoms with Crippen molar-refractivity contribution in [1.29, 1.82) is 0 Å². The zero-order chi connectivity index (χ0) is 17.4. The van der Waals surface area contributed by atoms with Crippen LogP contribution in [0.1, 0.15) is 30.9 Å². The Bertz CT molecular complexity index is 1130. The van der Waals surface area contributed by atoms with Gasteiger partial charge in [0, 0.05) is 18.0 Å². The topological polar surface area (TPSA) is 60.1 Å². The summed E-state index contributed by atoms with van der Waals surface area (Å²) in [6, 6.07) is 11.9. The van der Waals surface area contributed by atoms with Crippen molar-refractivity contribution in [2.45, 2.75) is 19.8 Å². The van der Waals surface area contributed by atoms with E-state index in [0.717, 1.165) is 11.1 Å². The molecule has 25 heavy (non-hydrogen) atoms. The number of hydrogen-bond acceptors (Lipinski definition) is 5. The van der Waals surface area contributed by atoms with E-state index in [9.17, 15) is 4.79 Å². The molecule has 124 valence electrons. The van der Waals surface area contributed by atoms with Gasteiger partial charge in [0.2, 0.25) is 4.96 Å². The zero-order valence-electron chi connectivity index (χ0n) is 13.9. The average Bonchev–Trinajstić information content (AvgIpc) is 3.16. The summed E-state index contributed by atoms with van der Waals surface area (Å²) in [7, 11) is 0. The Labute approximate surface area is 148 Å². The van der Waals surface area contributed by atoms with E-state index in [4.69, 9.17) is 0 Å². The number of rotatable bonds is 3. The van der Waals surface area contributed by atoms with Crippen LogP contribution in [0.2, 0.25) is 0 Å². The minimum absolute atomic E-state index is 0.138. The van der Waals surface area contributed by atoms with Crippen molar-refractivity contribution in [3.63, 3.8) is 0 Å². The third-order valence-corrected chi connectivity index (χ3v) is 4.98. The second-order valence-electron chi connectivity index (χ2n) is 6.10. The summed E-state index contributed by atoms with van der Waals surface area (Å²) in [5.41, 5.74) is 2.99. The Morgan fingerprint density at radius 2 is 1.80 bits per heavy atom. The highest BCUT2D eigenvalue weighted by Crippen LogP contribution is 2.16. The lowest BCUT2D eigenvalue weighted by Gasteiger charge is -2.04. The Balaban J connectivity index is 1.75. The fourth-order valence-corrected chi connectivity index (χ4v) is 3.49. The van der Waals surface area contributed by atoms with E-state index in [1.165, 1.54) is 21.4 Å². The van der Waals surface area contributed by atoms with Crippen molar-refractivity contribution in [3.05, 3.63) is 74.8 Å². The first-order valence-corrected chi connectivity index (χ1v) is 8.85. The van der Waals surface area contributed by atoms with Gasteiger partial charge in [0.25, 0.3) is 5.56 Å². The van der Waals surface area contributed by atoms with Crippen LogP contribution in [0.3, 0.4) is 0 Å². The Kier molecular flexibility index (Phi) is 3.89. The highest BCUT2D eigenvalue weighted by atomic mass is 32.1. The molecule has 4 aromatic rings. The molecule has 0 N–H and O–H groups in total. The number of fused-ring (bicyclic) bond motifs is 1. The number of thiazole rings is 1. The predicted molar refractivity (Wildman–Crippen MR) is 99.7 cm³/mol. The summed E-state index contributed by atoms with van der Waals surface area (Å²) < 4.78 is 2.00. The molecular formula is C19H16N4OS. The smallest absolute Gasteiger partial charge is 0.266 e. The molecule has 0 aliphatic rings. The van der Waals surface area contributed by atoms with Gasteiger partial charge in [-0.2, -0.15) is 9.50 Å². The number of benzene rings is 1. The van der Waals surface area contributed by atoms with Crippen LogP contribution in [0.15, 0.2) is 53.6 Å². The molecule has 4 rings (SSSR count). The van der Waals surface area contributed by atoms with Crippen molar-refractivity contribution in [2.75, 3.05) is 0 Å². The third kappa shape index (κ3) is 2.96. The van der Waals surface area contributed by atoms with Crippen LogP contribution in [0, 0.1) is 0 Å². The van der Waals surface area contributed by atoms with Crippen molar-refractivity contribution < 1.29 is 0 Å². The molecule has 0 saturated heterocycles. The largest absolute Gasteiger partial charge is 0.291 e. The molecule has 0 saturated carbocycles. The zero-order valence-corrected chi connectivity index (χ0v) is 14.7. The normalized spacial score (nSPS) is 12.4. The first kappa shape index (κ1) is 15.7. The molecule has 0 unspecified atom stereocenters. The molecule has 3 aromatic heterocycles. The molecule has 0 bridgehead atoms. The third-order valence-electron chi connectivity index (χ3n) is 4.02. The van der Waals surface area contributed by atoms with Crippen LogP contribution in [0.4, 0.5) is 0 Å². The van der Waals surface area contributed by atoms with Crippen LogP contribution in [-0.2, 0) is 0 Å². The molecule has 0 aliphatic carbocycles. The fourth-order valence-electron chi connectivity index (χ4n) is 2.59. The number of aromatic nitrogens is 4. The molecule has 5 nitrogen and oxygen atoms in total. The van der Waals surface area contributed by atoms with Gasteiger partial charge < -0.3 is 0 Å². The van der Waals surface area contributed by atoms with Crippen LogP contribution >= 0.6 is 11.3 Å². The van der Waals surface area contributed by atoms with E-state index < -0.39 is 0 Å². The van der Waals surface area contributed by atoms with Crippen molar-refractivity contribution >= 4 is 22.4 Å². The molecule has 0 fully saturated rings. The van der Waals surface area contributed by atoms with Crippen LogP contribution in [-0.4, -0.2) is 19.6 Å². The average molecular weight is 348 g/mol. The molecule has 0 aliphatic heterocycles. The van der Waals surface area contributed by atoms with Gasteiger partial charge in [-0.3, -0.25) is 9.78 Å². The van der Waals surface area contributed by atoms with Crippen LogP contribution in [0.5, 0.6) is 0 Å². The molecule has 6 heteroatoms.